The van der Waals surface area contributed by atoms with E-state index in [1.807, 2.05) is 32.0 Å². The van der Waals surface area contributed by atoms with Crippen LogP contribution in [0, 0.1) is 11.3 Å². The standard InChI is InChI=1S/C25H36ClN3O6/c1-24(2,3)19(21(31)28-18(22(32)34-6)12-15-10-11-27-20(15)30)29-23(33)35-14-25(4,5)16-8-7-9-17(26)13-16/h7-9,13,15,18-19H,10-12,14H2,1-6H3,(H,27,30)(H,28,31)(H,29,33). The molecule has 1 heterocycles. The summed E-state index contributed by atoms with van der Waals surface area (Å²) >= 11 is 6.08. The summed E-state index contributed by atoms with van der Waals surface area (Å²) in [4.78, 5) is 50.1. The van der Waals surface area contributed by atoms with E-state index in [-0.39, 0.29) is 18.9 Å². The van der Waals surface area contributed by atoms with Crippen LogP contribution < -0.4 is 16.0 Å². The minimum absolute atomic E-state index is 0.0548. The average Bonchev–Trinajstić information content (AvgIpc) is 3.18. The van der Waals surface area contributed by atoms with Gasteiger partial charge in [0.05, 0.1) is 7.11 Å². The van der Waals surface area contributed by atoms with Crippen molar-refractivity contribution in [3.8, 4) is 0 Å². The highest BCUT2D eigenvalue weighted by Gasteiger charge is 2.38. The van der Waals surface area contributed by atoms with Crippen LogP contribution in [-0.2, 0) is 29.3 Å². The van der Waals surface area contributed by atoms with Gasteiger partial charge in [0.1, 0.15) is 18.7 Å². The zero-order valence-corrected chi connectivity index (χ0v) is 22.0. The third-order valence-electron chi connectivity index (χ3n) is 6.05. The van der Waals surface area contributed by atoms with Crippen molar-refractivity contribution in [1.82, 2.24) is 16.0 Å². The summed E-state index contributed by atoms with van der Waals surface area (Å²) in [6.07, 6.45) is -0.0861. The number of hydrogen-bond donors (Lipinski definition) is 3. The van der Waals surface area contributed by atoms with Gasteiger partial charge in [0, 0.05) is 22.9 Å². The number of carbonyl (C=O) groups is 4. The predicted octanol–water partition coefficient (Wildman–Crippen LogP) is 2.94. The molecule has 1 fully saturated rings. The van der Waals surface area contributed by atoms with Crippen LogP contribution in [0.15, 0.2) is 24.3 Å². The molecule has 3 amide bonds. The summed E-state index contributed by atoms with van der Waals surface area (Å²) in [7, 11) is 1.22. The molecular weight excluding hydrogens is 474 g/mol. The minimum Gasteiger partial charge on any atom is -0.467 e. The highest BCUT2D eigenvalue weighted by Crippen LogP contribution is 2.26. The fourth-order valence-electron chi connectivity index (χ4n) is 3.84. The molecular formula is C25H36ClN3O6. The molecule has 2 rings (SSSR count). The molecule has 35 heavy (non-hydrogen) atoms. The van der Waals surface area contributed by atoms with E-state index in [1.165, 1.54) is 7.11 Å². The van der Waals surface area contributed by atoms with Gasteiger partial charge in [-0.05, 0) is 36.0 Å². The summed E-state index contributed by atoms with van der Waals surface area (Å²) in [6.45, 7) is 9.76. The molecule has 10 heteroatoms. The zero-order valence-electron chi connectivity index (χ0n) is 21.2. The first-order chi connectivity index (χ1) is 16.2. The quantitative estimate of drug-likeness (QED) is 0.440. The van der Waals surface area contributed by atoms with Gasteiger partial charge in [-0.25, -0.2) is 9.59 Å². The van der Waals surface area contributed by atoms with Crippen molar-refractivity contribution < 1.29 is 28.7 Å². The highest BCUT2D eigenvalue weighted by molar-refractivity contribution is 6.30. The Morgan fingerprint density at radius 2 is 1.86 bits per heavy atom. The van der Waals surface area contributed by atoms with Crippen molar-refractivity contribution in [2.24, 2.45) is 11.3 Å². The van der Waals surface area contributed by atoms with Crippen LogP contribution in [0.2, 0.25) is 5.02 Å². The first kappa shape index (κ1) is 28.4. The summed E-state index contributed by atoms with van der Waals surface area (Å²) in [5.41, 5.74) is -0.309. The lowest BCUT2D eigenvalue weighted by molar-refractivity contribution is -0.146. The molecule has 9 nitrogen and oxygen atoms in total. The number of halogens is 1. The van der Waals surface area contributed by atoms with E-state index in [2.05, 4.69) is 16.0 Å². The normalized spacial score (nSPS) is 17.7. The van der Waals surface area contributed by atoms with Gasteiger partial charge in [0.15, 0.2) is 0 Å². The number of esters is 1. The average molecular weight is 510 g/mol. The topological polar surface area (TPSA) is 123 Å². The smallest absolute Gasteiger partial charge is 0.407 e. The van der Waals surface area contributed by atoms with Gasteiger partial charge >= 0.3 is 12.1 Å². The van der Waals surface area contributed by atoms with Crippen molar-refractivity contribution in [2.75, 3.05) is 20.3 Å². The van der Waals surface area contributed by atoms with E-state index in [1.54, 1.807) is 26.8 Å². The summed E-state index contributed by atoms with van der Waals surface area (Å²) in [6, 6.07) is 5.27. The monoisotopic (exact) mass is 509 g/mol. The number of amides is 3. The second-order valence-corrected chi connectivity index (χ2v) is 10.9. The highest BCUT2D eigenvalue weighted by atomic mass is 35.5. The lowest BCUT2D eigenvalue weighted by Crippen LogP contribution is -2.57. The molecule has 0 aliphatic carbocycles. The number of benzene rings is 1. The predicted molar refractivity (Wildman–Crippen MR) is 132 cm³/mol. The third kappa shape index (κ3) is 8.13. The van der Waals surface area contributed by atoms with E-state index in [0.717, 1.165) is 5.56 Å². The molecule has 0 bridgehead atoms. The maximum atomic E-state index is 13.2. The van der Waals surface area contributed by atoms with E-state index in [4.69, 9.17) is 21.1 Å². The van der Waals surface area contributed by atoms with Crippen LogP contribution in [-0.4, -0.2) is 56.2 Å². The van der Waals surface area contributed by atoms with Gasteiger partial charge in [-0.2, -0.15) is 0 Å². The first-order valence-electron chi connectivity index (χ1n) is 11.6. The maximum Gasteiger partial charge on any atom is 0.407 e. The Bertz CT molecular complexity index is 943. The van der Waals surface area contributed by atoms with Gasteiger partial charge in [-0.3, -0.25) is 9.59 Å². The number of hydrogen-bond acceptors (Lipinski definition) is 6. The van der Waals surface area contributed by atoms with E-state index in [9.17, 15) is 19.2 Å². The molecule has 1 aromatic rings. The Balaban J connectivity index is 2.06. The van der Waals surface area contributed by atoms with E-state index in [0.29, 0.717) is 18.0 Å². The molecule has 3 N–H and O–H groups in total. The molecule has 1 saturated heterocycles. The van der Waals surface area contributed by atoms with Crippen LogP contribution in [0.3, 0.4) is 0 Å². The summed E-state index contributed by atoms with van der Waals surface area (Å²) < 4.78 is 10.3. The number of nitrogens with one attached hydrogen (secondary N) is 3. The van der Waals surface area contributed by atoms with Crippen LogP contribution in [0.25, 0.3) is 0 Å². The van der Waals surface area contributed by atoms with Crippen molar-refractivity contribution in [3.63, 3.8) is 0 Å². The minimum atomic E-state index is -1.02. The van der Waals surface area contributed by atoms with Crippen molar-refractivity contribution in [2.45, 2.75) is 65.0 Å². The van der Waals surface area contributed by atoms with Crippen LogP contribution in [0.1, 0.15) is 53.0 Å². The zero-order chi connectivity index (χ0) is 26.4. The van der Waals surface area contributed by atoms with E-state index >= 15 is 0 Å². The second-order valence-electron chi connectivity index (χ2n) is 10.5. The van der Waals surface area contributed by atoms with Gasteiger partial charge in [0.25, 0.3) is 0 Å². The maximum absolute atomic E-state index is 13.2. The number of rotatable bonds is 9. The third-order valence-corrected chi connectivity index (χ3v) is 6.28. The fraction of sp³-hybridized carbons (Fsp3) is 0.600. The van der Waals surface area contributed by atoms with Crippen molar-refractivity contribution in [3.05, 3.63) is 34.9 Å². The van der Waals surface area contributed by atoms with Gasteiger partial charge < -0.3 is 25.4 Å². The second kappa shape index (κ2) is 11.7. The molecule has 1 aliphatic heterocycles. The Morgan fingerprint density at radius 1 is 1.17 bits per heavy atom. The van der Waals surface area contributed by atoms with E-state index < -0.39 is 46.8 Å². The van der Waals surface area contributed by atoms with Gasteiger partial charge in [-0.1, -0.05) is 58.4 Å². The number of alkyl carbamates (subject to hydrolysis) is 1. The molecule has 1 aromatic carbocycles. The van der Waals surface area contributed by atoms with Crippen molar-refractivity contribution in [1.29, 1.82) is 0 Å². The molecule has 3 unspecified atom stereocenters. The lowest BCUT2D eigenvalue weighted by Gasteiger charge is -2.32. The van der Waals surface area contributed by atoms with Crippen LogP contribution >= 0.6 is 11.6 Å². The Kier molecular flexibility index (Phi) is 9.54. The molecule has 0 radical (unpaired) electrons. The first-order valence-corrected chi connectivity index (χ1v) is 12.0. The largest absolute Gasteiger partial charge is 0.467 e. The SMILES string of the molecule is COC(=O)C(CC1CCNC1=O)NC(=O)C(NC(=O)OCC(C)(C)c1cccc(Cl)c1)C(C)(C)C. The molecule has 3 atom stereocenters. The Labute approximate surface area is 211 Å². The summed E-state index contributed by atoms with van der Waals surface area (Å²) in [5, 5.41) is 8.58. The molecule has 0 aromatic heterocycles. The van der Waals surface area contributed by atoms with Crippen molar-refractivity contribution >= 4 is 35.5 Å². The number of carbonyl (C=O) groups excluding carboxylic acids is 4. The molecule has 194 valence electrons. The number of methoxy groups -OCH3 is 1. The fourth-order valence-corrected chi connectivity index (χ4v) is 4.03. The molecule has 0 saturated carbocycles. The lowest BCUT2D eigenvalue weighted by atomic mass is 9.85. The van der Waals surface area contributed by atoms with Crippen LogP contribution in [0.5, 0.6) is 0 Å². The van der Waals surface area contributed by atoms with Crippen LogP contribution in [0.4, 0.5) is 4.79 Å². The molecule has 0 spiro atoms. The Morgan fingerprint density at radius 3 is 2.40 bits per heavy atom. The summed E-state index contributed by atoms with van der Waals surface area (Å²) in [5.74, 6) is -1.79. The van der Waals surface area contributed by atoms with Gasteiger partial charge in [-0.15, -0.1) is 0 Å². The number of ether oxygens (including phenoxy) is 2. The van der Waals surface area contributed by atoms with Gasteiger partial charge in [0.2, 0.25) is 11.8 Å². The molecule has 1 aliphatic rings. The Hall–Kier alpha value is -2.81.